The predicted octanol–water partition coefficient (Wildman–Crippen LogP) is 12.0. The summed E-state index contributed by atoms with van der Waals surface area (Å²) in [6, 6.07) is 74.3. The summed E-state index contributed by atoms with van der Waals surface area (Å²) in [6.07, 6.45) is 0. The Labute approximate surface area is 313 Å². The van der Waals surface area contributed by atoms with E-state index in [1.165, 1.54) is 71.7 Å². The number of rotatable bonds is 6. The van der Waals surface area contributed by atoms with Crippen LogP contribution < -0.4 is 15.3 Å². The van der Waals surface area contributed by atoms with Crippen molar-refractivity contribution in [2.45, 2.75) is 18.5 Å². The molecule has 1 heterocycles. The van der Waals surface area contributed by atoms with Crippen LogP contribution in [0, 0.1) is 0 Å². The first kappa shape index (κ1) is 31.5. The minimum Gasteiger partial charge on any atom is -0.311 e. The molecule has 8 aromatic carbocycles. The van der Waals surface area contributed by atoms with Crippen molar-refractivity contribution in [3.63, 3.8) is 0 Å². The Kier molecular flexibility index (Phi) is 7.25. The maximum absolute atomic E-state index is 2.50. The molecule has 10 rings (SSSR count). The molecule has 0 aromatic heterocycles. The Morgan fingerprint density at radius 1 is 0.358 bits per heavy atom. The number of hydrogen-bond acceptors (Lipinski definition) is 1. The van der Waals surface area contributed by atoms with Gasteiger partial charge in [-0.15, -0.1) is 0 Å². The SMILES string of the molecule is C[Si]1(C)c2ccccc2-c2ccc(N(c3ccc(-c4ccccc4)cc3)c3ccc(C4(c5ccccc5)c5ccccc5-c5ccccc54)cc3)cc21. The average Bonchev–Trinajstić information content (AvgIpc) is 3.65. The predicted molar refractivity (Wildman–Crippen MR) is 226 cm³/mol. The zero-order valence-electron chi connectivity index (χ0n) is 30.0. The van der Waals surface area contributed by atoms with Crippen molar-refractivity contribution in [1.82, 2.24) is 0 Å². The van der Waals surface area contributed by atoms with Crippen LogP contribution in [0.1, 0.15) is 22.3 Å². The standard InChI is InChI=1S/C51H39NSi/c1-53(2)49-24-14-11-21-45(49)46-34-33-42(35-50(46)53)52(40-29-25-37(26-30-40)36-15-5-3-6-16-36)41-31-27-39(28-32-41)51(38-17-7-4-8-18-38)47-22-12-9-19-43(47)44-20-10-13-23-48(44)51/h3-35H,1-2H3. The summed E-state index contributed by atoms with van der Waals surface area (Å²) >= 11 is 0. The molecule has 0 radical (unpaired) electrons. The number of benzene rings is 8. The molecule has 0 atom stereocenters. The quantitative estimate of drug-likeness (QED) is 0.157. The Hall–Kier alpha value is -6.22. The molecule has 0 fully saturated rings. The molecule has 0 saturated carbocycles. The van der Waals surface area contributed by atoms with Crippen molar-refractivity contribution < 1.29 is 0 Å². The van der Waals surface area contributed by atoms with E-state index in [2.05, 4.69) is 218 Å². The minimum atomic E-state index is -1.88. The van der Waals surface area contributed by atoms with Gasteiger partial charge in [-0.3, -0.25) is 0 Å². The van der Waals surface area contributed by atoms with Crippen molar-refractivity contribution in [3.05, 3.63) is 222 Å². The Morgan fingerprint density at radius 3 is 1.45 bits per heavy atom. The highest BCUT2D eigenvalue weighted by Crippen LogP contribution is 2.56. The molecule has 0 spiro atoms. The van der Waals surface area contributed by atoms with E-state index in [1.807, 2.05) is 0 Å². The third-order valence-corrected chi connectivity index (χ3v) is 15.3. The first-order valence-electron chi connectivity index (χ1n) is 18.6. The number of fused-ring (bicyclic) bond motifs is 6. The molecule has 0 amide bonds. The Balaban J connectivity index is 1.14. The molecule has 0 N–H and O–H groups in total. The van der Waals surface area contributed by atoms with E-state index in [0.717, 1.165) is 11.4 Å². The van der Waals surface area contributed by atoms with Crippen molar-refractivity contribution in [2.75, 3.05) is 4.90 Å². The van der Waals surface area contributed by atoms with Gasteiger partial charge in [0, 0.05) is 17.1 Å². The largest absolute Gasteiger partial charge is 0.311 e. The van der Waals surface area contributed by atoms with Gasteiger partial charge in [0.05, 0.1) is 5.41 Å². The summed E-state index contributed by atoms with van der Waals surface area (Å²) in [5, 5.41) is 3.03. The lowest BCUT2D eigenvalue weighted by molar-refractivity contribution is 0.768. The molecule has 2 heteroatoms. The van der Waals surface area contributed by atoms with Crippen LogP contribution in [0.3, 0.4) is 0 Å². The molecule has 1 nitrogen and oxygen atoms in total. The van der Waals surface area contributed by atoms with E-state index < -0.39 is 13.5 Å². The number of nitrogens with zero attached hydrogens (tertiary/aromatic N) is 1. The van der Waals surface area contributed by atoms with E-state index >= 15 is 0 Å². The van der Waals surface area contributed by atoms with Crippen LogP contribution in [-0.2, 0) is 5.41 Å². The van der Waals surface area contributed by atoms with Gasteiger partial charge in [-0.1, -0.05) is 177 Å². The second-order valence-electron chi connectivity index (χ2n) is 14.9. The van der Waals surface area contributed by atoms with Crippen molar-refractivity contribution in [1.29, 1.82) is 0 Å². The van der Waals surface area contributed by atoms with Gasteiger partial charge >= 0.3 is 0 Å². The van der Waals surface area contributed by atoms with Crippen molar-refractivity contribution >= 4 is 35.5 Å². The molecular formula is C51H39NSi. The van der Waals surface area contributed by atoms with Crippen LogP contribution >= 0.6 is 0 Å². The van der Waals surface area contributed by atoms with Crippen LogP contribution in [-0.4, -0.2) is 8.07 Å². The van der Waals surface area contributed by atoms with Crippen molar-refractivity contribution in [2.24, 2.45) is 0 Å². The van der Waals surface area contributed by atoms with Crippen LogP contribution in [0.2, 0.25) is 13.1 Å². The summed E-state index contributed by atoms with van der Waals surface area (Å²) in [6.45, 7) is 4.99. The molecule has 2 aliphatic rings. The van der Waals surface area contributed by atoms with Crippen molar-refractivity contribution in [3.8, 4) is 33.4 Å². The van der Waals surface area contributed by atoms with Crippen LogP contribution in [0.5, 0.6) is 0 Å². The third kappa shape index (κ3) is 4.76. The van der Waals surface area contributed by atoms with Gasteiger partial charge in [-0.25, -0.2) is 0 Å². The minimum absolute atomic E-state index is 0.426. The molecule has 0 saturated heterocycles. The lowest BCUT2D eigenvalue weighted by Crippen LogP contribution is -2.49. The van der Waals surface area contributed by atoms with Crippen LogP contribution in [0.4, 0.5) is 17.1 Å². The summed E-state index contributed by atoms with van der Waals surface area (Å²) in [5.74, 6) is 0. The molecule has 53 heavy (non-hydrogen) atoms. The fraction of sp³-hybridized carbons (Fsp3) is 0.0588. The van der Waals surface area contributed by atoms with E-state index in [0.29, 0.717) is 0 Å². The summed E-state index contributed by atoms with van der Waals surface area (Å²) in [5.41, 5.74) is 16.1. The molecule has 252 valence electrons. The first-order chi connectivity index (χ1) is 26.0. The Bertz CT molecular complexity index is 2580. The van der Waals surface area contributed by atoms with Gasteiger partial charge in [-0.05, 0) is 102 Å². The summed E-state index contributed by atoms with van der Waals surface area (Å²) in [7, 11) is -1.88. The number of anilines is 3. The second-order valence-corrected chi connectivity index (χ2v) is 19.2. The molecule has 1 aliphatic heterocycles. The highest BCUT2D eigenvalue weighted by Gasteiger charge is 2.46. The highest BCUT2D eigenvalue weighted by molar-refractivity contribution is 7.03. The zero-order chi connectivity index (χ0) is 35.6. The van der Waals surface area contributed by atoms with E-state index in [1.54, 1.807) is 0 Å². The third-order valence-electron chi connectivity index (χ3n) is 11.8. The fourth-order valence-electron chi connectivity index (χ4n) is 9.28. The van der Waals surface area contributed by atoms with Crippen LogP contribution in [0.15, 0.2) is 200 Å². The first-order valence-corrected chi connectivity index (χ1v) is 21.6. The summed E-state index contributed by atoms with van der Waals surface area (Å²) < 4.78 is 0. The van der Waals surface area contributed by atoms with Gasteiger partial charge in [0.15, 0.2) is 0 Å². The lowest BCUT2D eigenvalue weighted by Gasteiger charge is -2.34. The normalized spacial score (nSPS) is 14.2. The fourth-order valence-corrected chi connectivity index (χ4v) is 12.4. The van der Waals surface area contributed by atoms with Gasteiger partial charge < -0.3 is 4.90 Å². The molecule has 8 aromatic rings. The Morgan fingerprint density at radius 2 is 0.811 bits per heavy atom. The van der Waals surface area contributed by atoms with Crippen LogP contribution in [0.25, 0.3) is 33.4 Å². The average molecular weight is 694 g/mol. The van der Waals surface area contributed by atoms with E-state index in [9.17, 15) is 0 Å². The van der Waals surface area contributed by atoms with E-state index in [-0.39, 0.29) is 0 Å². The monoisotopic (exact) mass is 693 g/mol. The highest BCUT2D eigenvalue weighted by atomic mass is 28.3. The lowest BCUT2D eigenvalue weighted by atomic mass is 9.68. The van der Waals surface area contributed by atoms with E-state index in [4.69, 9.17) is 0 Å². The second kappa shape index (κ2) is 12.2. The zero-order valence-corrected chi connectivity index (χ0v) is 31.0. The maximum atomic E-state index is 2.50. The molecule has 0 bridgehead atoms. The number of hydrogen-bond donors (Lipinski definition) is 0. The molecule has 1 aliphatic carbocycles. The topological polar surface area (TPSA) is 3.24 Å². The maximum Gasteiger partial charge on any atom is 0.113 e. The van der Waals surface area contributed by atoms with Gasteiger partial charge in [0.2, 0.25) is 0 Å². The van der Waals surface area contributed by atoms with Gasteiger partial charge in [0.1, 0.15) is 8.07 Å². The van der Waals surface area contributed by atoms with Gasteiger partial charge in [-0.2, -0.15) is 0 Å². The summed E-state index contributed by atoms with van der Waals surface area (Å²) in [4.78, 5) is 2.44. The molecule has 0 unspecified atom stereocenters. The van der Waals surface area contributed by atoms with Gasteiger partial charge in [0.25, 0.3) is 0 Å². The molecular weight excluding hydrogens is 655 g/mol. The smallest absolute Gasteiger partial charge is 0.113 e.